The number of carbonyl (C=O) groups excluding carboxylic acids is 1. The Bertz CT molecular complexity index is 1110. The molecule has 4 rings (SSSR count). The number of anilines is 1. The zero-order valence-electron chi connectivity index (χ0n) is 16.4. The number of carbonyl (C=O) groups is 1. The molecule has 1 unspecified atom stereocenters. The predicted octanol–water partition coefficient (Wildman–Crippen LogP) is 5.25. The topological polar surface area (TPSA) is 65.5 Å². The number of rotatable bonds is 4. The summed E-state index contributed by atoms with van der Waals surface area (Å²) in [6.07, 6.45) is 0.856. The molecule has 1 aromatic heterocycles. The number of aromatic hydroxyl groups is 1. The Kier molecular flexibility index (Phi) is 5.97. The third-order valence-corrected chi connectivity index (χ3v) is 5.97. The Morgan fingerprint density at radius 2 is 2.00 bits per heavy atom. The van der Waals surface area contributed by atoms with Crippen LogP contribution in [-0.4, -0.2) is 35.1 Å². The van der Waals surface area contributed by atoms with E-state index in [1.54, 1.807) is 12.1 Å². The molecule has 2 heterocycles. The smallest absolute Gasteiger partial charge is 0.217 e. The van der Waals surface area contributed by atoms with E-state index >= 15 is 0 Å². The second-order valence-corrected chi connectivity index (χ2v) is 8.70. The average molecular weight is 487 g/mol. The van der Waals surface area contributed by atoms with Crippen LogP contribution in [0.15, 0.2) is 59.1 Å². The van der Waals surface area contributed by atoms with Gasteiger partial charge in [-0.3, -0.25) is 4.79 Å². The van der Waals surface area contributed by atoms with Crippen LogP contribution in [0.25, 0.3) is 22.4 Å². The SMILES string of the molecule is CC(=O)NC1CCN(c2cc(-c3ccccc3Cl)cc(-c3cc(Br)ccc3O)n2)C1. The number of nitrogens with one attached hydrogen (secondary N) is 1. The van der Waals surface area contributed by atoms with Crippen LogP contribution in [0, 0.1) is 0 Å². The molecule has 1 atom stereocenters. The fraction of sp³-hybridized carbons (Fsp3) is 0.217. The maximum atomic E-state index is 11.4. The predicted molar refractivity (Wildman–Crippen MR) is 124 cm³/mol. The minimum Gasteiger partial charge on any atom is -0.507 e. The molecule has 2 N–H and O–H groups in total. The summed E-state index contributed by atoms with van der Waals surface area (Å²) in [6.45, 7) is 3.00. The summed E-state index contributed by atoms with van der Waals surface area (Å²) in [5, 5.41) is 14.1. The van der Waals surface area contributed by atoms with Gasteiger partial charge in [-0.05, 0) is 48.4 Å². The normalized spacial score (nSPS) is 16.0. The van der Waals surface area contributed by atoms with E-state index in [9.17, 15) is 9.90 Å². The van der Waals surface area contributed by atoms with Gasteiger partial charge in [-0.1, -0.05) is 45.7 Å². The van der Waals surface area contributed by atoms with E-state index in [1.165, 1.54) is 6.92 Å². The molecule has 1 aliphatic rings. The Balaban J connectivity index is 1.80. The van der Waals surface area contributed by atoms with Crippen molar-refractivity contribution in [2.24, 2.45) is 0 Å². The van der Waals surface area contributed by atoms with Crippen LogP contribution in [0.4, 0.5) is 5.82 Å². The van der Waals surface area contributed by atoms with E-state index in [0.29, 0.717) is 22.8 Å². The largest absolute Gasteiger partial charge is 0.507 e. The number of benzene rings is 2. The highest BCUT2D eigenvalue weighted by Crippen LogP contribution is 2.37. The zero-order valence-corrected chi connectivity index (χ0v) is 18.7. The van der Waals surface area contributed by atoms with Gasteiger partial charge in [-0.25, -0.2) is 4.98 Å². The van der Waals surface area contributed by atoms with Crippen molar-refractivity contribution in [3.63, 3.8) is 0 Å². The number of phenolic OH excluding ortho intramolecular Hbond substituents is 1. The molecule has 0 saturated carbocycles. The van der Waals surface area contributed by atoms with Crippen molar-refractivity contribution < 1.29 is 9.90 Å². The molecule has 7 heteroatoms. The van der Waals surface area contributed by atoms with E-state index in [4.69, 9.17) is 16.6 Å². The van der Waals surface area contributed by atoms with Crippen molar-refractivity contribution >= 4 is 39.3 Å². The lowest BCUT2D eigenvalue weighted by atomic mass is 10.0. The number of nitrogens with zero attached hydrogens (tertiary/aromatic N) is 2. The first-order valence-corrected chi connectivity index (χ1v) is 10.9. The van der Waals surface area contributed by atoms with Crippen LogP contribution in [0.5, 0.6) is 5.75 Å². The highest BCUT2D eigenvalue weighted by Gasteiger charge is 2.25. The summed E-state index contributed by atoms with van der Waals surface area (Å²) < 4.78 is 0.855. The molecule has 3 aromatic rings. The van der Waals surface area contributed by atoms with Crippen LogP contribution in [0.3, 0.4) is 0 Å². The summed E-state index contributed by atoms with van der Waals surface area (Å²) in [4.78, 5) is 18.4. The first kappa shape index (κ1) is 20.7. The summed E-state index contributed by atoms with van der Waals surface area (Å²) in [5.41, 5.74) is 3.11. The molecule has 30 heavy (non-hydrogen) atoms. The fourth-order valence-corrected chi connectivity index (χ4v) is 4.36. The van der Waals surface area contributed by atoms with Gasteiger partial charge >= 0.3 is 0 Å². The molecule has 1 fully saturated rings. The van der Waals surface area contributed by atoms with Gasteiger partial charge in [0, 0.05) is 46.7 Å². The number of phenols is 1. The molecule has 0 aliphatic carbocycles. The summed E-state index contributed by atoms with van der Waals surface area (Å²) >= 11 is 9.94. The van der Waals surface area contributed by atoms with E-state index in [2.05, 4.69) is 26.1 Å². The molecule has 0 bridgehead atoms. The molecular formula is C23H21BrClN3O2. The van der Waals surface area contributed by atoms with Gasteiger partial charge < -0.3 is 15.3 Å². The number of hydrogen-bond acceptors (Lipinski definition) is 4. The van der Waals surface area contributed by atoms with Gasteiger partial charge in [-0.2, -0.15) is 0 Å². The lowest BCUT2D eigenvalue weighted by Crippen LogP contribution is -2.35. The maximum absolute atomic E-state index is 11.4. The maximum Gasteiger partial charge on any atom is 0.217 e. The van der Waals surface area contributed by atoms with E-state index < -0.39 is 0 Å². The molecule has 154 valence electrons. The second-order valence-electron chi connectivity index (χ2n) is 7.37. The highest BCUT2D eigenvalue weighted by atomic mass is 79.9. The van der Waals surface area contributed by atoms with E-state index in [0.717, 1.165) is 34.4 Å². The number of pyridine rings is 1. The highest BCUT2D eigenvalue weighted by molar-refractivity contribution is 9.10. The van der Waals surface area contributed by atoms with E-state index in [-0.39, 0.29) is 17.7 Å². The lowest BCUT2D eigenvalue weighted by molar-refractivity contribution is -0.119. The van der Waals surface area contributed by atoms with Crippen LogP contribution in [0.2, 0.25) is 5.02 Å². The molecule has 0 spiro atoms. The zero-order chi connectivity index (χ0) is 21.3. The van der Waals surface area contributed by atoms with Crippen molar-refractivity contribution in [2.75, 3.05) is 18.0 Å². The number of amides is 1. The van der Waals surface area contributed by atoms with Crippen molar-refractivity contribution in [3.8, 4) is 28.1 Å². The monoisotopic (exact) mass is 485 g/mol. The molecule has 1 saturated heterocycles. The Morgan fingerprint density at radius 3 is 2.77 bits per heavy atom. The number of hydrogen-bond donors (Lipinski definition) is 2. The van der Waals surface area contributed by atoms with Gasteiger partial charge in [0.05, 0.1) is 5.69 Å². The molecule has 1 amide bonds. The standard InChI is InChI=1S/C23H21BrClN3O2/c1-14(29)26-17-8-9-28(13-17)23-11-15(18-4-2-3-5-20(18)25)10-21(27-23)19-12-16(24)6-7-22(19)30/h2-7,10-12,17,30H,8-9,13H2,1H3,(H,26,29). The Labute approximate surface area is 188 Å². The molecular weight excluding hydrogens is 466 g/mol. The van der Waals surface area contributed by atoms with Gasteiger partial charge in [0.25, 0.3) is 0 Å². The minimum atomic E-state index is -0.0284. The first-order chi connectivity index (χ1) is 14.4. The quantitative estimate of drug-likeness (QED) is 0.528. The van der Waals surface area contributed by atoms with Crippen LogP contribution in [-0.2, 0) is 4.79 Å². The summed E-state index contributed by atoms with van der Waals surface area (Å²) in [5.74, 6) is 0.916. The van der Waals surface area contributed by atoms with Gasteiger partial charge in [0.2, 0.25) is 5.91 Å². The lowest BCUT2D eigenvalue weighted by Gasteiger charge is -2.20. The summed E-state index contributed by atoms with van der Waals surface area (Å²) in [7, 11) is 0. The molecule has 1 aliphatic heterocycles. The first-order valence-electron chi connectivity index (χ1n) is 9.68. The van der Waals surface area contributed by atoms with Gasteiger partial charge in [-0.15, -0.1) is 0 Å². The third kappa shape index (κ3) is 4.45. The van der Waals surface area contributed by atoms with Crippen LogP contribution >= 0.6 is 27.5 Å². The number of halogens is 2. The van der Waals surface area contributed by atoms with Crippen LogP contribution < -0.4 is 10.2 Å². The van der Waals surface area contributed by atoms with Crippen LogP contribution in [0.1, 0.15) is 13.3 Å². The second kappa shape index (κ2) is 8.66. The van der Waals surface area contributed by atoms with Crippen molar-refractivity contribution in [1.82, 2.24) is 10.3 Å². The van der Waals surface area contributed by atoms with E-state index in [1.807, 2.05) is 42.5 Å². The van der Waals surface area contributed by atoms with Crippen molar-refractivity contribution in [1.29, 1.82) is 0 Å². The van der Waals surface area contributed by atoms with Crippen molar-refractivity contribution in [3.05, 3.63) is 64.1 Å². The average Bonchev–Trinajstić information content (AvgIpc) is 3.17. The van der Waals surface area contributed by atoms with Crippen molar-refractivity contribution in [2.45, 2.75) is 19.4 Å². The molecule has 2 aromatic carbocycles. The summed E-state index contributed by atoms with van der Waals surface area (Å²) in [6, 6.07) is 17.0. The third-order valence-electron chi connectivity index (χ3n) is 5.15. The Morgan fingerprint density at radius 1 is 1.20 bits per heavy atom. The minimum absolute atomic E-state index is 0.0284. The van der Waals surface area contributed by atoms with Gasteiger partial charge in [0.15, 0.2) is 0 Å². The Hall–Kier alpha value is -2.57. The molecule has 5 nitrogen and oxygen atoms in total. The number of aromatic nitrogens is 1. The molecule has 0 radical (unpaired) electrons. The van der Waals surface area contributed by atoms with Gasteiger partial charge in [0.1, 0.15) is 11.6 Å². The fourth-order valence-electron chi connectivity index (χ4n) is 3.75.